The van der Waals surface area contributed by atoms with Crippen LogP contribution in [0.5, 0.6) is 0 Å². The van der Waals surface area contributed by atoms with Crippen LogP contribution in [0.3, 0.4) is 0 Å². The lowest BCUT2D eigenvalue weighted by atomic mass is 10.0. The van der Waals surface area contributed by atoms with Gasteiger partial charge in [0.05, 0.1) is 6.26 Å². The van der Waals surface area contributed by atoms with Crippen LogP contribution in [0.15, 0.2) is 28.9 Å². The fourth-order valence-corrected chi connectivity index (χ4v) is 2.15. The molecule has 0 saturated carbocycles. The van der Waals surface area contributed by atoms with Crippen molar-refractivity contribution in [3.8, 4) is 0 Å². The van der Waals surface area contributed by atoms with Crippen molar-refractivity contribution in [1.29, 1.82) is 0 Å². The van der Waals surface area contributed by atoms with Crippen LogP contribution >= 0.6 is 0 Å². The van der Waals surface area contributed by atoms with Gasteiger partial charge >= 0.3 is 0 Å². The molecule has 0 bridgehead atoms. The average Bonchev–Trinajstić information content (AvgIpc) is 2.83. The highest BCUT2D eigenvalue weighted by molar-refractivity contribution is 5.86. The molecule has 0 spiro atoms. The molecule has 82 valence electrons. The van der Waals surface area contributed by atoms with Crippen molar-refractivity contribution in [2.24, 2.45) is 0 Å². The van der Waals surface area contributed by atoms with E-state index in [1.165, 1.54) is 18.4 Å². The van der Waals surface area contributed by atoms with Crippen LogP contribution in [0.4, 0.5) is 4.39 Å². The summed E-state index contributed by atoms with van der Waals surface area (Å²) >= 11 is 0. The van der Waals surface area contributed by atoms with Crippen molar-refractivity contribution in [2.45, 2.75) is 12.3 Å². The zero-order valence-corrected chi connectivity index (χ0v) is 8.50. The number of hydrogen-bond donors (Lipinski definition) is 1. The van der Waals surface area contributed by atoms with Gasteiger partial charge in [0.25, 0.3) is 0 Å². The van der Waals surface area contributed by atoms with Gasteiger partial charge in [-0.3, -0.25) is 4.79 Å². The average molecular weight is 219 g/mol. The molecule has 1 unspecified atom stereocenters. The molecule has 3 nitrogen and oxygen atoms in total. The highest BCUT2D eigenvalue weighted by Crippen LogP contribution is 2.31. The van der Waals surface area contributed by atoms with Gasteiger partial charge in [-0.1, -0.05) is 0 Å². The molecule has 1 amide bonds. The fourth-order valence-electron chi connectivity index (χ4n) is 2.15. The Balaban J connectivity index is 2.07. The standard InChI is InChI=1S/C12H10FNO2/c13-9-1-2-10-8(3-9)6-16-12(10)7-4-11(15)14-5-7/h1-3,6-7H,4-5H2,(H,14,15). The Kier molecular flexibility index (Phi) is 1.96. The fraction of sp³-hybridized carbons (Fsp3) is 0.250. The molecule has 0 aliphatic carbocycles. The largest absolute Gasteiger partial charge is 0.468 e. The molecule has 1 aliphatic heterocycles. The molecule has 1 saturated heterocycles. The number of carbonyl (C=O) groups is 1. The maximum Gasteiger partial charge on any atom is 0.220 e. The Morgan fingerprint density at radius 1 is 1.44 bits per heavy atom. The molecule has 16 heavy (non-hydrogen) atoms. The van der Waals surface area contributed by atoms with Crippen LogP contribution in [-0.4, -0.2) is 12.5 Å². The lowest BCUT2D eigenvalue weighted by molar-refractivity contribution is -0.119. The Labute approximate surface area is 91.2 Å². The number of fused-ring (bicyclic) bond motifs is 1. The van der Waals surface area contributed by atoms with Gasteiger partial charge in [0.1, 0.15) is 11.6 Å². The van der Waals surface area contributed by atoms with Crippen LogP contribution in [-0.2, 0) is 4.79 Å². The van der Waals surface area contributed by atoms with E-state index in [1.807, 2.05) is 0 Å². The molecule has 2 heterocycles. The van der Waals surface area contributed by atoms with Crippen molar-refractivity contribution in [2.75, 3.05) is 6.54 Å². The summed E-state index contributed by atoms with van der Waals surface area (Å²) in [5, 5.41) is 4.40. The summed E-state index contributed by atoms with van der Waals surface area (Å²) in [6, 6.07) is 4.55. The minimum atomic E-state index is -0.277. The Morgan fingerprint density at radius 3 is 3.06 bits per heavy atom. The predicted octanol–water partition coefficient (Wildman–Crippen LogP) is 2.18. The molecule has 1 aliphatic rings. The van der Waals surface area contributed by atoms with E-state index >= 15 is 0 Å². The van der Waals surface area contributed by atoms with Crippen LogP contribution in [0.2, 0.25) is 0 Å². The van der Waals surface area contributed by atoms with E-state index in [2.05, 4.69) is 5.32 Å². The first kappa shape index (κ1) is 9.39. The first-order chi connectivity index (χ1) is 7.74. The second-order valence-corrected chi connectivity index (χ2v) is 4.04. The second kappa shape index (κ2) is 3.33. The van der Waals surface area contributed by atoms with Crippen molar-refractivity contribution < 1.29 is 13.6 Å². The molecule has 1 aromatic carbocycles. The molecule has 2 aromatic rings. The van der Waals surface area contributed by atoms with Gasteiger partial charge in [0.15, 0.2) is 0 Å². The topological polar surface area (TPSA) is 42.2 Å². The third-order valence-electron chi connectivity index (χ3n) is 2.94. The molecular weight excluding hydrogens is 209 g/mol. The minimum absolute atomic E-state index is 0.0386. The summed E-state index contributed by atoms with van der Waals surface area (Å²) in [5.74, 6) is 0.598. The summed E-state index contributed by atoms with van der Waals surface area (Å²) in [6.07, 6.45) is 1.98. The maximum atomic E-state index is 13.0. The van der Waals surface area contributed by atoms with Gasteiger partial charge in [0, 0.05) is 29.7 Å². The zero-order valence-electron chi connectivity index (χ0n) is 8.50. The van der Waals surface area contributed by atoms with Crippen molar-refractivity contribution >= 4 is 16.7 Å². The highest BCUT2D eigenvalue weighted by atomic mass is 19.1. The van der Waals surface area contributed by atoms with E-state index in [0.29, 0.717) is 13.0 Å². The second-order valence-electron chi connectivity index (χ2n) is 4.04. The summed E-state index contributed by atoms with van der Waals surface area (Å²) in [7, 11) is 0. The first-order valence-corrected chi connectivity index (χ1v) is 5.17. The van der Waals surface area contributed by atoms with E-state index in [0.717, 1.165) is 16.5 Å². The third kappa shape index (κ3) is 1.38. The minimum Gasteiger partial charge on any atom is -0.468 e. The number of benzene rings is 1. The number of rotatable bonds is 1. The van der Waals surface area contributed by atoms with Gasteiger partial charge in [-0.05, 0) is 18.2 Å². The summed E-state index contributed by atoms with van der Waals surface area (Å²) in [5.41, 5.74) is 0. The Bertz CT molecular complexity index is 561. The van der Waals surface area contributed by atoms with Gasteiger partial charge in [0.2, 0.25) is 5.91 Å². The molecule has 1 fully saturated rings. The van der Waals surface area contributed by atoms with Crippen LogP contribution in [0.25, 0.3) is 10.8 Å². The number of amides is 1. The number of halogens is 1. The lowest BCUT2D eigenvalue weighted by Crippen LogP contribution is -2.13. The summed E-state index contributed by atoms with van der Waals surface area (Å²) < 4.78 is 18.4. The zero-order chi connectivity index (χ0) is 11.1. The Morgan fingerprint density at radius 2 is 2.31 bits per heavy atom. The van der Waals surface area contributed by atoms with Gasteiger partial charge in [-0.25, -0.2) is 4.39 Å². The van der Waals surface area contributed by atoms with E-state index in [1.54, 1.807) is 6.07 Å². The number of nitrogens with one attached hydrogen (secondary N) is 1. The molecule has 4 heteroatoms. The normalized spacial score (nSPS) is 20.3. The van der Waals surface area contributed by atoms with Gasteiger partial charge in [-0.15, -0.1) is 0 Å². The summed E-state index contributed by atoms with van der Waals surface area (Å²) in [4.78, 5) is 11.1. The molecule has 3 rings (SSSR count). The monoisotopic (exact) mass is 219 g/mol. The number of carbonyl (C=O) groups excluding carboxylic acids is 1. The Hall–Kier alpha value is -1.84. The van der Waals surface area contributed by atoms with Crippen LogP contribution in [0.1, 0.15) is 18.1 Å². The van der Waals surface area contributed by atoms with Crippen molar-refractivity contribution in [1.82, 2.24) is 5.32 Å². The summed E-state index contributed by atoms with van der Waals surface area (Å²) in [6.45, 7) is 0.596. The smallest absolute Gasteiger partial charge is 0.220 e. The maximum absolute atomic E-state index is 13.0. The van der Waals surface area contributed by atoms with E-state index < -0.39 is 0 Å². The number of furan rings is 1. The molecule has 1 N–H and O–H groups in total. The molecule has 0 radical (unpaired) electrons. The quantitative estimate of drug-likeness (QED) is 0.798. The molecule has 1 atom stereocenters. The van der Waals surface area contributed by atoms with E-state index in [4.69, 9.17) is 4.42 Å². The first-order valence-electron chi connectivity index (χ1n) is 5.17. The lowest BCUT2D eigenvalue weighted by Gasteiger charge is -2.03. The van der Waals surface area contributed by atoms with E-state index in [9.17, 15) is 9.18 Å². The third-order valence-corrected chi connectivity index (χ3v) is 2.94. The molecule has 1 aromatic heterocycles. The highest BCUT2D eigenvalue weighted by Gasteiger charge is 2.27. The van der Waals surface area contributed by atoms with Gasteiger partial charge in [-0.2, -0.15) is 0 Å². The number of hydrogen-bond acceptors (Lipinski definition) is 2. The SMILES string of the molecule is O=C1CC(c2occ3cc(F)ccc23)CN1. The molecular formula is C12H10FNO2. The van der Waals surface area contributed by atoms with Crippen LogP contribution in [0, 0.1) is 5.82 Å². The van der Waals surface area contributed by atoms with Crippen molar-refractivity contribution in [3.05, 3.63) is 36.0 Å². The van der Waals surface area contributed by atoms with E-state index in [-0.39, 0.29) is 17.6 Å². The van der Waals surface area contributed by atoms with Crippen LogP contribution < -0.4 is 5.32 Å². The van der Waals surface area contributed by atoms with Crippen molar-refractivity contribution in [3.63, 3.8) is 0 Å². The predicted molar refractivity (Wildman–Crippen MR) is 56.5 cm³/mol. The van der Waals surface area contributed by atoms with Gasteiger partial charge < -0.3 is 9.73 Å².